The number of allylic oxidation sites excluding steroid dienone is 1. The summed E-state index contributed by atoms with van der Waals surface area (Å²) in [5.74, 6) is -0.295. The molecule has 0 aliphatic heterocycles. The summed E-state index contributed by atoms with van der Waals surface area (Å²) < 4.78 is 0. The Morgan fingerprint density at radius 3 is 2.53 bits per heavy atom. The van der Waals surface area contributed by atoms with E-state index in [0.29, 0.717) is 13.0 Å². The highest BCUT2D eigenvalue weighted by molar-refractivity contribution is 5.81. The lowest BCUT2D eigenvalue weighted by Crippen LogP contribution is -2.39. The zero-order valence-electron chi connectivity index (χ0n) is 9.19. The number of carboxylic acid groups (broad SMARTS) is 1. The van der Waals surface area contributed by atoms with Crippen LogP contribution in [0.3, 0.4) is 0 Å². The maximum absolute atomic E-state index is 11.0. The van der Waals surface area contributed by atoms with Crippen LogP contribution in [-0.2, 0) is 4.79 Å². The lowest BCUT2D eigenvalue weighted by Gasteiger charge is -2.16. The summed E-state index contributed by atoms with van der Waals surface area (Å²) in [5.41, 5.74) is 0. The molecule has 0 heterocycles. The number of nitrogens with one attached hydrogen (secondary N) is 1. The summed E-state index contributed by atoms with van der Waals surface area (Å²) >= 11 is 0. The molecule has 0 fully saturated rings. The Kier molecular flexibility index (Phi) is 7.05. The van der Waals surface area contributed by atoms with Gasteiger partial charge in [0.1, 0.15) is 6.54 Å². The van der Waals surface area contributed by atoms with Crippen molar-refractivity contribution in [1.29, 1.82) is 0 Å². The summed E-state index contributed by atoms with van der Waals surface area (Å²) in [6.45, 7) is 2.25. The quantitative estimate of drug-likeness (QED) is 0.650. The van der Waals surface area contributed by atoms with Crippen molar-refractivity contribution in [3.05, 3.63) is 12.2 Å². The van der Waals surface area contributed by atoms with Gasteiger partial charge in [-0.25, -0.2) is 4.79 Å². The van der Waals surface area contributed by atoms with Gasteiger partial charge in [-0.1, -0.05) is 19.1 Å². The van der Waals surface area contributed by atoms with Crippen molar-refractivity contribution in [2.24, 2.45) is 0 Å². The van der Waals surface area contributed by atoms with Crippen LogP contribution in [0.1, 0.15) is 19.8 Å². The lowest BCUT2D eigenvalue weighted by atomic mass is 10.3. The first-order valence-electron chi connectivity index (χ1n) is 4.95. The first kappa shape index (κ1) is 13.5. The fraction of sp³-hybridized carbons (Fsp3) is 0.600. The molecule has 0 aromatic carbocycles. The summed E-state index contributed by atoms with van der Waals surface area (Å²) in [4.78, 5) is 22.8. The normalized spacial score (nSPS) is 10.3. The van der Waals surface area contributed by atoms with Crippen LogP contribution in [0.25, 0.3) is 0 Å². The molecule has 2 N–H and O–H groups in total. The zero-order valence-corrected chi connectivity index (χ0v) is 9.19. The molecule has 0 atom stereocenters. The molecule has 86 valence electrons. The smallest absolute Gasteiger partial charge is 0.407 e. The molecular formula is C10H18N2O3. The van der Waals surface area contributed by atoms with Crippen molar-refractivity contribution in [3.63, 3.8) is 0 Å². The van der Waals surface area contributed by atoms with Crippen LogP contribution < -0.4 is 5.32 Å². The van der Waals surface area contributed by atoms with Crippen molar-refractivity contribution in [2.45, 2.75) is 19.8 Å². The Morgan fingerprint density at radius 1 is 1.40 bits per heavy atom. The van der Waals surface area contributed by atoms with Crippen molar-refractivity contribution in [2.75, 3.05) is 20.1 Å². The summed E-state index contributed by atoms with van der Waals surface area (Å²) in [7, 11) is 1.49. The Labute approximate surface area is 89.8 Å². The fourth-order valence-electron chi connectivity index (χ4n) is 1.01. The van der Waals surface area contributed by atoms with Crippen LogP contribution in [0.4, 0.5) is 4.79 Å². The van der Waals surface area contributed by atoms with Crippen LogP contribution in [0.2, 0.25) is 0 Å². The van der Waals surface area contributed by atoms with Crippen LogP contribution in [0.5, 0.6) is 0 Å². The molecule has 0 unspecified atom stereocenters. The number of nitrogens with zero attached hydrogens (tertiary/aromatic N) is 1. The van der Waals surface area contributed by atoms with E-state index < -0.39 is 6.09 Å². The van der Waals surface area contributed by atoms with E-state index in [1.54, 1.807) is 0 Å². The molecule has 5 nitrogen and oxygen atoms in total. The van der Waals surface area contributed by atoms with E-state index in [9.17, 15) is 9.59 Å². The van der Waals surface area contributed by atoms with Gasteiger partial charge in [0.05, 0.1) is 0 Å². The van der Waals surface area contributed by atoms with Gasteiger partial charge in [0.25, 0.3) is 0 Å². The van der Waals surface area contributed by atoms with Crippen molar-refractivity contribution in [3.8, 4) is 0 Å². The second-order valence-electron chi connectivity index (χ2n) is 3.05. The Hall–Kier alpha value is -1.52. The van der Waals surface area contributed by atoms with E-state index in [1.807, 2.05) is 19.1 Å². The molecule has 0 aliphatic rings. The minimum absolute atomic E-state index is 0.105. The first-order chi connectivity index (χ1) is 7.11. The van der Waals surface area contributed by atoms with Gasteiger partial charge in [-0.05, 0) is 12.8 Å². The van der Waals surface area contributed by atoms with Gasteiger partial charge in [0.15, 0.2) is 0 Å². The SMILES string of the molecule is CC/C=C/CCN(CC(=O)NC)C(=O)O. The molecular weight excluding hydrogens is 196 g/mol. The van der Waals surface area contributed by atoms with Gasteiger partial charge in [0.2, 0.25) is 5.91 Å². The van der Waals surface area contributed by atoms with Gasteiger partial charge < -0.3 is 10.4 Å². The van der Waals surface area contributed by atoms with Crippen molar-refractivity contribution < 1.29 is 14.7 Å². The van der Waals surface area contributed by atoms with Crippen molar-refractivity contribution in [1.82, 2.24) is 10.2 Å². The van der Waals surface area contributed by atoms with Gasteiger partial charge in [0, 0.05) is 13.6 Å². The maximum Gasteiger partial charge on any atom is 0.407 e. The van der Waals surface area contributed by atoms with Gasteiger partial charge >= 0.3 is 6.09 Å². The van der Waals surface area contributed by atoms with Crippen LogP contribution in [-0.4, -0.2) is 42.1 Å². The number of hydrogen-bond donors (Lipinski definition) is 2. The van der Waals surface area contributed by atoms with E-state index in [0.717, 1.165) is 11.3 Å². The van der Waals surface area contributed by atoms with Gasteiger partial charge in [-0.3, -0.25) is 9.69 Å². The number of rotatable bonds is 6. The number of carbonyl (C=O) groups excluding carboxylic acids is 1. The third kappa shape index (κ3) is 6.54. The number of likely N-dealkylation sites (N-methyl/N-ethyl adjacent to an activating group) is 1. The molecule has 0 rings (SSSR count). The Balaban J connectivity index is 3.99. The second-order valence-corrected chi connectivity index (χ2v) is 3.05. The van der Waals surface area contributed by atoms with E-state index in [4.69, 9.17) is 5.11 Å². The molecule has 0 saturated heterocycles. The Bertz CT molecular complexity index is 239. The van der Waals surface area contributed by atoms with Crippen LogP contribution >= 0.6 is 0 Å². The molecule has 0 radical (unpaired) electrons. The molecule has 0 bridgehead atoms. The van der Waals surface area contributed by atoms with Gasteiger partial charge in [-0.2, -0.15) is 0 Å². The fourth-order valence-corrected chi connectivity index (χ4v) is 1.01. The molecule has 0 aliphatic carbocycles. The van der Waals surface area contributed by atoms with Crippen LogP contribution in [0.15, 0.2) is 12.2 Å². The molecule has 0 aromatic rings. The minimum atomic E-state index is -1.07. The second kappa shape index (κ2) is 7.84. The van der Waals surface area contributed by atoms with E-state index in [2.05, 4.69) is 5.32 Å². The summed E-state index contributed by atoms with van der Waals surface area (Å²) in [5, 5.41) is 11.2. The van der Waals surface area contributed by atoms with Crippen molar-refractivity contribution >= 4 is 12.0 Å². The van der Waals surface area contributed by atoms with E-state index in [1.165, 1.54) is 7.05 Å². The average molecular weight is 214 g/mol. The monoisotopic (exact) mass is 214 g/mol. The lowest BCUT2D eigenvalue weighted by molar-refractivity contribution is -0.121. The molecule has 0 saturated carbocycles. The molecule has 2 amide bonds. The standard InChI is InChI=1S/C10H18N2O3/c1-3-4-5-6-7-12(10(14)15)8-9(13)11-2/h4-5H,3,6-8H2,1-2H3,(H,11,13)(H,14,15)/b5-4+. The zero-order chi connectivity index (χ0) is 11.7. The average Bonchev–Trinajstić information content (AvgIpc) is 2.21. The molecule has 0 spiro atoms. The molecule has 15 heavy (non-hydrogen) atoms. The third-order valence-electron chi connectivity index (χ3n) is 1.85. The molecule has 5 heteroatoms. The minimum Gasteiger partial charge on any atom is -0.465 e. The number of carbonyl (C=O) groups is 2. The van der Waals surface area contributed by atoms with Crippen LogP contribution in [0, 0.1) is 0 Å². The largest absolute Gasteiger partial charge is 0.465 e. The molecule has 0 aromatic heterocycles. The van der Waals surface area contributed by atoms with E-state index >= 15 is 0 Å². The third-order valence-corrected chi connectivity index (χ3v) is 1.85. The predicted molar refractivity (Wildman–Crippen MR) is 57.7 cm³/mol. The Morgan fingerprint density at radius 2 is 2.07 bits per heavy atom. The first-order valence-corrected chi connectivity index (χ1v) is 4.95. The highest BCUT2D eigenvalue weighted by atomic mass is 16.4. The van der Waals surface area contributed by atoms with Gasteiger partial charge in [-0.15, -0.1) is 0 Å². The number of amides is 2. The highest BCUT2D eigenvalue weighted by Gasteiger charge is 2.13. The summed E-state index contributed by atoms with van der Waals surface area (Å²) in [6.07, 6.45) is 4.39. The topological polar surface area (TPSA) is 69.6 Å². The predicted octanol–water partition coefficient (Wildman–Crippen LogP) is 1.07. The number of hydrogen-bond acceptors (Lipinski definition) is 2. The maximum atomic E-state index is 11.0. The highest BCUT2D eigenvalue weighted by Crippen LogP contribution is 1.94. The summed E-state index contributed by atoms with van der Waals surface area (Å²) in [6, 6.07) is 0. The van der Waals surface area contributed by atoms with E-state index in [-0.39, 0.29) is 12.5 Å².